The van der Waals surface area contributed by atoms with Crippen molar-refractivity contribution < 1.29 is 31.9 Å². The SMILES string of the molecule is CC(C)(C)NS(=O)(=O)c1cc(NC(=O)NCc2ccccc2F)ccc1-c1cnc([C@H]2CC[C@H](NC(=O)OC3COC3)CC2)s1. The molecule has 0 atom stereocenters. The molecular formula is C31H38FN5O6S2. The van der Waals surface area contributed by atoms with E-state index in [-0.39, 0.29) is 35.2 Å². The lowest BCUT2D eigenvalue weighted by molar-refractivity contribution is -0.0985. The number of amides is 3. The van der Waals surface area contributed by atoms with E-state index in [1.807, 2.05) is 0 Å². The Labute approximate surface area is 266 Å². The average Bonchev–Trinajstić information content (AvgIpc) is 3.44. The molecule has 1 aliphatic carbocycles. The number of sulfonamides is 1. The van der Waals surface area contributed by atoms with Crippen molar-refractivity contribution in [3.8, 4) is 10.4 Å². The molecule has 5 rings (SSSR count). The maximum Gasteiger partial charge on any atom is 0.407 e. The van der Waals surface area contributed by atoms with E-state index < -0.39 is 33.5 Å². The molecular weight excluding hydrogens is 622 g/mol. The van der Waals surface area contributed by atoms with Crippen LogP contribution >= 0.6 is 11.3 Å². The predicted octanol–water partition coefficient (Wildman–Crippen LogP) is 5.50. The van der Waals surface area contributed by atoms with Gasteiger partial charge in [0.05, 0.1) is 28.0 Å². The Kier molecular flexibility index (Phi) is 10.1. The highest BCUT2D eigenvalue weighted by Crippen LogP contribution is 2.40. The summed E-state index contributed by atoms with van der Waals surface area (Å²) >= 11 is 1.44. The van der Waals surface area contributed by atoms with E-state index >= 15 is 0 Å². The second-order valence-corrected chi connectivity index (χ2v) is 15.0. The molecule has 3 amide bonds. The van der Waals surface area contributed by atoms with Gasteiger partial charge >= 0.3 is 12.1 Å². The van der Waals surface area contributed by atoms with Gasteiger partial charge in [-0.1, -0.05) is 24.3 Å². The summed E-state index contributed by atoms with van der Waals surface area (Å²) in [7, 11) is -4.01. The minimum atomic E-state index is -4.01. The van der Waals surface area contributed by atoms with Gasteiger partial charge in [-0.2, -0.15) is 0 Å². The van der Waals surface area contributed by atoms with Gasteiger partial charge in [-0.3, -0.25) is 0 Å². The summed E-state index contributed by atoms with van der Waals surface area (Å²) in [6, 6.07) is 10.2. The van der Waals surface area contributed by atoms with Crippen molar-refractivity contribution in [3.05, 3.63) is 65.0 Å². The van der Waals surface area contributed by atoms with Crippen molar-refractivity contribution in [1.29, 1.82) is 0 Å². The first-order chi connectivity index (χ1) is 21.4. The minimum absolute atomic E-state index is 0.00260. The first kappa shape index (κ1) is 32.8. The second-order valence-electron chi connectivity index (χ2n) is 12.3. The molecule has 0 bridgehead atoms. The van der Waals surface area contributed by atoms with Crippen LogP contribution in [0.3, 0.4) is 0 Å². The van der Waals surface area contributed by atoms with Crippen LogP contribution in [0.25, 0.3) is 10.4 Å². The molecule has 1 saturated carbocycles. The zero-order valence-corrected chi connectivity index (χ0v) is 27.0. The van der Waals surface area contributed by atoms with E-state index in [1.54, 1.807) is 57.3 Å². The Morgan fingerprint density at radius 2 is 1.82 bits per heavy atom. The molecule has 1 aliphatic heterocycles. The highest BCUT2D eigenvalue weighted by Gasteiger charge is 2.30. The number of carbonyl (C=O) groups excluding carboxylic acids is 2. The number of nitrogens with zero attached hydrogens (tertiary/aromatic N) is 1. The number of nitrogens with one attached hydrogen (secondary N) is 4. The van der Waals surface area contributed by atoms with E-state index in [1.165, 1.54) is 23.5 Å². The number of hydrogen-bond acceptors (Lipinski definition) is 8. The van der Waals surface area contributed by atoms with Crippen LogP contribution in [0, 0.1) is 5.82 Å². The zero-order valence-electron chi connectivity index (χ0n) is 25.4. The van der Waals surface area contributed by atoms with Crippen molar-refractivity contribution in [1.82, 2.24) is 20.3 Å². The van der Waals surface area contributed by atoms with Crippen molar-refractivity contribution >= 4 is 39.2 Å². The van der Waals surface area contributed by atoms with Crippen molar-refractivity contribution in [2.75, 3.05) is 18.5 Å². The standard InChI is InChI=1S/C31H38FN5O6S2/c1-31(2,3)37-45(40,41)27-14-22(35-29(38)34-15-20-6-4-5-7-25(20)32)12-13-24(27)26-16-33-28(44-26)19-8-10-21(11-9-19)36-30(39)43-23-17-42-18-23/h4-7,12-14,16,19,21,23,37H,8-11,15,17-18H2,1-3H3,(H,36,39)(H2,34,35,38)/t19-,21-. The number of hydrogen-bond donors (Lipinski definition) is 4. The predicted molar refractivity (Wildman–Crippen MR) is 169 cm³/mol. The van der Waals surface area contributed by atoms with Crippen LogP contribution in [-0.4, -0.2) is 56.4 Å². The molecule has 45 heavy (non-hydrogen) atoms. The topological polar surface area (TPSA) is 148 Å². The highest BCUT2D eigenvalue weighted by atomic mass is 32.2. The van der Waals surface area contributed by atoms with Gasteiger partial charge in [-0.05, 0) is 64.7 Å². The summed E-state index contributed by atoms with van der Waals surface area (Å²) in [5.74, 6) is -0.248. The number of rotatable bonds is 9. The molecule has 1 aromatic heterocycles. The molecule has 0 unspecified atom stereocenters. The molecule has 2 aliphatic rings. The Bertz CT molecular complexity index is 1630. The fourth-order valence-electron chi connectivity index (χ4n) is 5.20. The van der Waals surface area contributed by atoms with Gasteiger partial charge in [-0.15, -0.1) is 11.3 Å². The van der Waals surface area contributed by atoms with Gasteiger partial charge in [0.1, 0.15) is 5.82 Å². The van der Waals surface area contributed by atoms with E-state index in [9.17, 15) is 22.4 Å². The number of aromatic nitrogens is 1. The molecule has 14 heteroatoms. The van der Waals surface area contributed by atoms with Crippen LogP contribution in [0.1, 0.15) is 62.9 Å². The fourth-order valence-corrected chi connectivity index (χ4v) is 8.05. The number of carbonyl (C=O) groups is 2. The fraction of sp³-hybridized carbons (Fsp3) is 0.452. The van der Waals surface area contributed by atoms with Gasteiger partial charge in [0.2, 0.25) is 10.0 Å². The van der Waals surface area contributed by atoms with Gasteiger partial charge < -0.3 is 25.4 Å². The summed E-state index contributed by atoms with van der Waals surface area (Å²) in [4.78, 5) is 30.1. The maximum atomic E-state index is 14.0. The Morgan fingerprint density at radius 3 is 2.49 bits per heavy atom. The van der Waals surface area contributed by atoms with Crippen LogP contribution in [0.15, 0.2) is 53.6 Å². The lowest BCUT2D eigenvalue weighted by Crippen LogP contribution is -2.44. The molecule has 1 saturated heterocycles. The first-order valence-corrected chi connectivity index (χ1v) is 17.1. The van der Waals surface area contributed by atoms with Crippen molar-refractivity contribution in [2.24, 2.45) is 0 Å². The lowest BCUT2D eigenvalue weighted by atomic mass is 9.86. The van der Waals surface area contributed by atoms with Crippen LogP contribution in [0.4, 0.5) is 19.7 Å². The third-order valence-electron chi connectivity index (χ3n) is 7.44. The molecule has 11 nitrogen and oxygen atoms in total. The number of thiazole rings is 1. The zero-order chi connectivity index (χ0) is 32.2. The molecule has 0 radical (unpaired) electrons. The monoisotopic (exact) mass is 659 g/mol. The van der Waals surface area contributed by atoms with E-state index in [4.69, 9.17) is 9.47 Å². The lowest BCUT2D eigenvalue weighted by Gasteiger charge is -2.30. The summed E-state index contributed by atoms with van der Waals surface area (Å²) in [6.07, 6.45) is 4.31. The summed E-state index contributed by atoms with van der Waals surface area (Å²) in [5.41, 5.74) is 0.303. The van der Waals surface area contributed by atoms with Gasteiger partial charge in [0, 0.05) is 47.1 Å². The summed E-state index contributed by atoms with van der Waals surface area (Å²) in [6.45, 7) is 6.09. The van der Waals surface area contributed by atoms with E-state index in [2.05, 4.69) is 25.7 Å². The number of urea groups is 1. The van der Waals surface area contributed by atoms with Crippen LogP contribution in [-0.2, 0) is 26.0 Å². The Balaban J connectivity index is 1.28. The molecule has 2 aromatic carbocycles. The van der Waals surface area contributed by atoms with Gasteiger partial charge in [-0.25, -0.2) is 32.1 Å². The Hall–Kier alpha value is -3.59. The van der Waals surface area contributed by atoms with Crippen molar-refractivity contribution in [2.45, 2.75) is 81.5 Å². The number of anilines is 1. The third kappa shape index (κ3) is 8.78. The summed E-state index contributed by atoms with van der Waals surface area (Å²) in [5, 5.41) is 9.10. The maximum absolute atomic E-state index is 14.0. The largest absolute Gasteiger partial charge is 0.441 e. The normalized spacial score (nSPS) is 18.9. The van der Waals surface area contributed by atoms with E-state index in [0.717, 1.165) is 30.7 Å². The number of benzene rings is 2. The average molecular weight is 660 g/mol. The number of halogens is 1. The molecule has 3 aromatic rings. The third-order valence-corrected chi connectivity index (χ3v) is 10.4. The van der Waals surface area contributed by atoms with Crippen LogP contribution < -0.4 is 20.7 Å². The van der Waals surface area contributed by atoms with E-state index in [0.29, 0.717) is 29.2 Å². The smallest absolute Gasteiger partial charge is 0.407 e. The van der Waals surface area contributed by atoms with Gasteiger partial charge in [0.25, 0.3) is 0 Å². The second kappa shape index (κ2) is 13.8. The van der Waals surface area contributed by atoms with Crippen LogP contribution in [0.2, 0.25) is 0 Å². The highest BCUT2D eigenvalue weighted by molar-refractivity contribution is 7.89. The first-order valence-electron chi connectivity index (χ1n) is 14.8. The molecule has 0 spiro atoms. The van der Waals surface area contributed by atoms with Crippen LogP contribution in [0.5, 0.6) is 0 Å². The summed E-state index contributed by atoms with van der Waals surface area (Å²) < 4.78 is 54.2. The van der Waals surface area contributed by atoms with Crippen molar-refractivity contribution in [3.63, 3.8) is 0 Å². The number of ether oxygens (including phenoxy) is 2. The molecule has 2 heterocycles. The minimum Gasteiger partial charge on any atom is -0.441 e. The molecule has 2 fully saturated rings. The molecule has 4 N–H and O–H groups in total. The Morgan fingerprint density at radius 1 is 1.09 bits per heavy atom. The quantitative estimate of drug-likeness (QED) is 0.237. The molecule has 242 valence electrons. The number of alkyl carbamates (subject to hydrolysis) is 1. The van der Waals surface area contributed by atoms with Gasteiger partial charge in [0.15, 0.2) is 6.10 Å².